The monoisotopic (exact) mass is 327 g/mol. The van der Waals surface area contributed by atoms with Crippen molar-refractivity contribution in [3.63, 3.8) is 0 Å². The molecule has 0 spiro atoms. The van der Waals surface area contributed by atoms with Crippen molar-refractivity contribution in [3.05, 3.63) is 41.8 Å². The van der Waals surface area contributed by atoms with Crippen LogP contribution in [0.15, 0.2) is 41.6 Å². The number of para-hydroxylation sites is 1. The highest BCUT2D eigenvalue weighted by Crippen LogP contribution is 2.33. The number of thioether (sulfide) groups is 1. The van der Waals surface area contributed by atoms with E-state index in [0.29, 0.717) is 33.9 Å². The predicted octanol–water partition coefficient (Wildman–Crippen LogP) is 3.84. The van der Waals surface area contributed by atoms with Crippen LogP contribution in [0.25, 0.3) is 5.78 Å². The summed E-state index contributed by atoms with van der Waals surface area (Å²) in [7, 11) is 0. The van der Waals surface area contributed by atoms with E-state index in [9.17, 15) is 8.78 Å². The fraction of sp³-hybridized carbons (Fsp3) is 0.0833. The van der Waals surface area contributed by atoms with Crippen LogP contribution in [0, 0.1) is 0 Å². The summed E-state index contributed by atoms with van der Waals surface area (Å²) in [5, 5.41) is 7.28. The van der Waals surface area contributed by atoms with E-state index in [4.69, 9.17) is 11.6 Å². The Labute approximate surface area is 127 Å². The van der Waals surface area contributed by atoms with Crippen LogP contribution in [0.1, 0.15) is 0 Å². The molecule has 2 heterocycles. The molecule has 21 heavy (non-hydrogen) atoms. The minimum atomic E-state index is -2.50. The van der Waals surface area contributed by atoms with Crippen molar-refractivity contribution in [1.29, 1.82) is 0 Å². The molecule has 0 fully saturated rings. The third-order valence-corrected chi connectivity index (χ3v) is 3.57. The fourth-order valence-corrected chi connectivity index (χ4v) is 2.55. The molecule has 3 aromatic rings. The van der Waals surface area contributed by atoms with E-state index < -0.39 is 5.76 Å². The molecule has 1 N–H and O–H groups in total. The Morgan fingerprint density at radius 3 is 2.90 bits per heavy atom. The minimum absolute atomic E-state index is 0.233. The molecule has 0 atom stereocenters. The Balaban J connectivity index is 2.01. The van der Waals surface area contributed by atoms with Gasteiger partial charge in [0.15, 0.2) is 0 Å². The summed E-state index contributed by atoms with van der Waals surface area (Å²) in [5.41, 5.74) is 0.530. The lowest BCUT2D eigenvalue weighted by Gasteiger charge is -2.12. The van der Waals surface area contributed by atoms with E-state index in [1.165, 1.54) is 10.8 Å². The van der Waals surface area contributed by atoms with Gasteiger partial charge in [-0.05, 0) is 12.1 Å². The molecule has 108 valence electrons. The molecule has 1 aromatic carbocycles. The first-order valence-corrected chi connectivity index (χ1v) is 7.06. The molecule has 0 aliphatic rings. The number of anilines is 2. The van der Waals surface area contributed by atoms with E-state index >= 15 is 0 Å². The summed E-state index contributed by atoms with van der Waals surface area (Å²) >= 11 is 6.38. The van der Waals surface area contributed by atoms with Gasteiger partial charge in [-0.3, -0.25) is 0 Å². The molecule has 0 radical (unpaired) electrons. The average Bonchev–Trinajstić information content (AvgIpc) is 2.88. The number of aromatic nitrogens is 4. The first-order chi connectivity index (χ1) is 10.1. The van der Waals surface area contributed by atoms with E-state index in [0.717, 1.165) is 0 Å². The topological polar surface area (TPSA) is 55.1 Å². The summed E-state index contributed by atoms with van der Waals surface area (Å²) in [5.74, 6) is -1.69. The zero-order chi connectivity index (χ0) is 14.8. The highest BCUT2D eigenvalue weighted by atomic mass is 35.5. The molecular weight excluding hydrogens is 320 g/mol. The summed E-state index contributed by atoms with van der Waals surface area (Å²) in [6, 6.07) is 8.30. The highest BCUT2D eigenvalue weighted by molar-refractivity contribution is 7.99. The van der Waals surface area contributed by atoms with Gasteiger partial charge in [0, 0.05) is 11.0 Å². The number of rotatable bonds is 4. The zero-order valence-corrected chi connectivity index (χ0v) is 11.9. The third kappa shape index (κ3) is 3.06. The van der Waals surface area contributed by atoms with Crippen molar-refractivity contribution < 1.29 is 8.78 Å². The number of hydrogen-bond donors (Lipinski definition) is 1. The van der Waals surface area contributed by atoms with E-state index in [-0.39, 0.29) is 5.15 Å². The van der Waals surface area contributed by atoms with Gasteiger partial charge in [-0.15, -0.1) is 0 Å². The summed E-state index contributed by atoms with van der Waals surface area (Å²) < 4.78 is 26.6. The van der Waals surface area contributed by atoms with E-state index in [1.807, 2.05) is 0 Å². The Morgan fingerprint density at radius 2 is 2.10 bits per heavy atom. The van der Waals surface area contributed by atoms with Gasteiger partial charge in [0.2, 0.25) is 0 Å². The minimum Gasteiger partial charge on any atom is -0.339 e. The second-order valence-corrected chi connectivity index (χ2v) is 5.35. The molecular formula is C12H8ClF2N5S. The van der Waals surface area contributed by atoms with Crippen molar-refractivity contribution in [2.45, 2.75) is 10.7 Å². The third-order valence-electron chi connectivity index (χ3n) is 2.59. The SMILES string of the molecule is FC(F)Sc1ccccc1Nc1cc(Cl)nc2ncnn12. The molecule has 3 rings (SSSR count). The Kier molecular flexibility index (Phi) is 3.89. The Bertz CT molecular complexity index is 779. The number of benzene rings is 1. The summed E-state index contributed by atoms with van der Waals surface area (Å²) in [4.78, 5) is 8.37. The summed E-state index contributed by atoms with van der Waals surface area (Å²) in [6.07, 6.45) is 1.34. The molecule has 0 saturated heterocycles. The van der Waals surface area contributed by atoms with Gasteiger partial charge < -0.3 is 5.32 Å². The van der Waals surface area contributed by atoms with Gasteiger partial charge in [0.1, 0.15) is 17.3 Å². The Morgan fingerprint density at radius 1 is 1.29 bits per heavy atom. The average molecular weight is 328 g/mol. The number of halogens is 3. The molecule has 0 saturated carbocycles. The lowest BCUT2D eigenvalue weighted by molar-refractivity contribution is 0.252. The molecule has 0 aliphatic carbocycles. The number of nitrogens with zero attached hydrogens (tertiary/aromatic N) is 4. The lowest BCUT2D eigenvalue weighted by Crippen LogP contribution is -2.02. The van der Waals surface area contributed by atoms with E-state index in [2.05, 4.69) is 20.4 Å². The van der Waals surface area contributed by atoms with Crippen LogP contribution in [0.4, 0.5) is 20.3 Å². The van der Waals surface area contributed by atoms with Crippen LogP contribution in [-0.2, 0) is 0 Å². The van der Waals surface area contributed by atoms with Gasteiger partial charge >= 0.3 is 0 Å². The molecule has 2 aromatic heterocycles. The molecule has 0 unspecified atom stereocenters. The number of fused-ring (bicyclic) bond motifs is 1. The molecule has 9 heteroatoms. The van der Waals surface area contributed by atoms with Crippen molar-refractivity contribution in [2.24, 2.45) is 0 Å². The van der Waals surface area contributed by atoms with Gasteiger partial charge in [-0.25, -0.2) is 0 Å². The normalized spacial score (nSPS) is 11.2. The van der Waals surface area contributed by atoms with Crippen molar-refractivity contribution in [2.75, 3.05) is 5.32 Å². The van der Waals surface area contributed by atoms with Crippen LogP contribution in [0.3, 0.4) is 0 Å². The van der Waals surface area contributed by atoms with Crippen LogP contribution < -0.4 is 5.32 Å². The molecule has 5 nitrogen and oxygen atoms in total. The first kappa shape index (κ1) is 14.0. The fourth-order valence-electron chi connectivity index (χ4n) is 1.78. The van der Waals surface area contributed by atoms with Gasteiger partial charge in [0.25, 0.3) is 11.5 Å². The van der Waals surface area contributed by atoms with Crippen molar-refractivity contribution in [3.8, 4) is 0 Å². The van der Waals surface area contributed by atoms with Gasteiger partial charge in [-0.1, -0.05) is 35.5 Å². The van der Waals surface area contributed by atoms with Gasteiger partial charge in [0.05, 0.1) is 5.69 Å². The summed E-state index contributed by atoms with van der Waals surface area (Å²) in [6.45, 7) is 0. The van der Waals surface area contributed by atoms with E-state index in [1.54, 1.807) is 30.3 Å². The lowest BCUT2D eigenvalue weighted by atomic mass is 10.3. The van der Waals surface area contributed by atoms with Crippen LogP contribution >= 0.6 is 23.4 Å². The van der Waals surface area contributed by atoms with Crippen molar-refractivity contribution >= 4 is 40.6 Å². The second kappa shape index (κ2) is 5.82. The Hall–Kier alpha value is -1.93. The quantitative estimate of drug-likeness (QED) is 0.583. The predicted molar refractivity (Wildman–Crippen MR) is 77.4 cm³/mol. The first-order valence-electron chi connectivity index (χ1n) is 5.80. The number of alkyl halides is 2. The number of hydrogen-bond acceptors (Lipinski definition) is 5. The maximum atomic E-state index is 12.6. The van der Waals surface area contributed by atoms with Crippen LogP contribution in [-0.4, -0.2) is 25.3 Å². The van der Waals surface area contributed by atoms with Crippen LogP contribution in [0.5, 0.6) is 0 Å². The molecule has 0 amide bonds. The standard InChI is InChI=1S/C12H8ClF2N5S/c13-9-5-10(20-12(19-9)16-6-17-20)18-7-3-1-2-4-8(7)21-11(14)15/h1-6,11,18H. The largest absolute Gasteiger partial charge is 0.339 e. The van der Waals surface area contributed by atoms with Crippen LogP contribution in [0.2, 0.25) is 5.15 Å². The van der Waals surface area contributed by atoms with Crippen molar-refractivity contribution in [1.82, 2.24) is 19.6 Å². The number of nitrogens with one attached hydrogen (secondary N) is 1. The second-order valence-electron chi connectivity index (χ2n) is 3.94. The van der Waals surface area contributed by atoms with Gasteiger partial charge in [-0.2, -0.15) is 28.4 Å². The molecule has 0 bridgehead atoms. The molecule has 0 aliphatic heterocycles. The maximum Gasteiger partial charge on any atom is 0.288 e. The highest BCUT2D eigenvalue weighted by Gasteiger charge is 2.12. The maximum absolute atomic E-state index is 12.6. The smallest absolute Gasteiger partial charge is 0.288 e. The zero-order valence-electron chi connectivity index (χ0n) is 10.4.